The zero-order chi connectivity index (χ0) is 20.3. The smallest absolute Gasteiger partial charge is 0.119 e. The van der Waals surface area contributed by atoms with Crippen LogP contribution in [-0.4, -0.2) is 7.11 Å². The van der Waals surface area contributed by atoms with E-state index >= 15 is 0 Å². The molecule has 0 heterocycles. The summed E-state index contributed by atoms with van der Waals surface area (Å²) in [7, 11) is 1.72. The zero-order valence-electron chi connectivity index (χ0n) is 16.9. The molecule has 0 fully saturated rings. The van der Waals surface area contributed by atoms with Gasteiger partial charge in [0.05, 0.1) is 7.11 Å². The van der Waals surface area contributed by atoms with Gasteiger partial charge in [-0.3, -0.25) is 0 Å². The summed E-state index contributed by atoms with van der Waals surface area (Å²) in [6.45, 7) is 0. The third-order valence-corrected chi connectivity index (χ3v) is 5.56. The Labute approximate surface area is 177 Å². The molecule has 144 valence electrons. The number of ether oxygens (including phenoxy) is 1. The van der Waals surface area contributed by atoms with E-state index in [9.17, 15) is 0 Å². The second-order valence-corrected chi connectivity index (χ2v) is 7.36. The predicted molar refractivity (Wildman–Crippen MR) is 127 cm³/mol. The molecule has 0 N–H and O–H groups in total. The van der Waals surface area contributed by atoms with Crippen molar-refractivity contribution in [2.24, 2.45) is 0 Å². The van der Waals surface area contributed by atoms with Crippen LogP contribution in [0.2, 0.25) is 0 Å². The molecule has 0 aromatic heterocycles. The minimum absolute atomic E-state index is 0.867. The number of hydrogen-bond donors (Lipinski definition) is 0. The lowest BCUT2D eigenvalue weighted by molar-refractivity contribution is 0.415. The van der Waals surface area contributed by atoms with Crippen molar-refractivity contribution >= 4 is 10.8 Å². The number of benzene rings is 5. The van der Waals surface area contributed by atoms with E-state index in [1.807, 2.05) is 6.07 Å². The Morgan fingerprint density at radius 2 is 1.03 bits per heavy atom. The van der Waals surface area contributed by atoms with Crippen LogP contribution in [0.3, 0.4) is 0 Å². The summed E-state index contributed by atoms with van der Waals surface area (Å²) in [4.78, 5) is 0. The first-order valence-corrected chi connectivity index (χ1v) is 10.2. The average molecular weight is 386 g/mol. The highest BCUT2D eigenvalue weighted by molar-refractivity contribution is 6.10. The second-order valence-electron chi connectivity index (χ2n) is 7.36. The summed E-state index contributed by atoms with van der Waals surface area (Å²) in [5.74, 6) is 0.867. The van der Waals surface area contributed by atoms with Crippen molar-refractivity contribution in [3.05, 3.63) is 115 Å². The van der Waals surface area contributed by atoms with Crippen LogP contribution < -0.4 is 4.74 Å². The van der Waals surface area contributed by atoms with Crippen LogP contribution >= 0.6 is 0 Å². The standard InChI is InChI=1S/C29H22O/c1-30-25-18-17-24-19-26(21-11-5-2-6-12-21)28(22-13-7-3-8-14-22)29(27(24)20-25)23-15-9-4-10-16-23/h2-20H,1H3. The first-order valence-electron chi connectivity index (χ1n) is 10.2. The van der Waals surface area contributed by atoms with Gasteiger partial charge in [-0.2, -0.15) is 0 Å². The highest BCUT2D eigenvalue weighted by atomic mass is 16.5. The van der Waals surface area contributed by atoms with Crippen molar-refractivity contribution in [1.29, 1.82) is 0 Å². The molecule has 30 heavy (non-hydrogen) atoms. The maximum absolute atomic E-state index is 5.57. The first kappa shape index (κ1) is 18.2. The van der Waals surface area contributed by atoms with E-state index < -0.39 is 0 Å². The minimum Gasteiger partial charge on any atom is -0.497 e. The van der Waals surface area contributed by atoms with Crippen molar-refractivity contribution < 1.29 is 4.74 Å². The Hall–Kier alpha value is -3.84. The normalized spacial score (nSPS) is 10.8. The molecule has 5 aromatic carbocycles. The second kappa shape index (κ2) is 7.88. The molecular formula is C29H22O. The van der Waals surface area contributed by atoms with Gasteiger partial charge in [0.2, 0.25) is 0 Å². The van der Waals surface area contributed by atoms with Gasteiger partial charge in [-0.1, -0.05) is 97.1 Å². The monoisotopic (exact) mass is 386 g/mol. The molecule has 0 aliphatic heterocycles. The van der Waals surface area contributed by atoms with Crippen LogP contribution in [0.5, 0.6) is 5.75 Å². The van der Waals surface area contributed by atoms with Crippen LogP contribution in [0.15, 0.2) is 115 Å². The molecule has 0 saturated carbocycles. The topological polar surface area (TPSA) is 9.23 Å². The molecule has 5 rings (SSSR count). The lowest BCUT2D eigenvalue weighted by Crippen LogP contribution is -1.93. The van der Waals surface area contributed by atoms with Gasteiger partial charge < -0.3 is 4.74 Å². The number of methoxy groups -OCH3 is 1. The SMILES string of the molecule is COc1ccc2cc(-c3ccccc3)c(-c3ccccc3)c(-c3ccccc3)c2c1. The Morgan fingerprint density at radius 1 is 0.500 bits per heavy atom. The van der Waals surface area contributed by atoms with Crippen LogP contribution in [0.1, 0.15) is 0 Å². The van der Waals surface area contributed by atoms with Gasteiger partial charge >= 0.3 is 0 Å². The van der Waals surface area contributed by atoms with Crippen molar-refractivity contribution in [2.45, 2.75) is 0 Å². The quantitative estimate of drug-likeness (QED) is 0.305. The van der Waals surface area contributed by atoms with E-state index in [-0.39, 0.29) is 0 Å². The lowest BCUT2D eigenvalue weighted by atomic mass is 9.84. The maximum atomic E-state index is 5.57. The summed E-state index contributed by atoms with van der Waals surface area (Å²) in [5.41, 5.74) is 7.34. The molecule has 0 aliphatic rings. The maximum Gasteiger partial charge on any atom is 0.119 e. The summed E-state index contributed by atoms with van der Waals surface area (Å²) in [6, 6.07) is 40.6. The zero-order valence-corrected chi connectivity index (χ0v) is 16.9. The molecular weight excluding hydrogens is 364 g/mol. The highest BCUT2D eigenvalue weighted by Crippen LogP contribution is 2.45. The highest BCUT2D eigenvalue weighted by Gasteiger charge is 2.18. The van der Waals surface area contributed by atoms with E-state index in [1.165, 1.54) is 44.2 Å². The third-order valence-electron chi connectivity index (χ3n) is 5.56. The van der Waals surface area contributed by atoms with Gasteiger partial charge in [-0.25, -0.2) is 0 Å². The lowest BCUT2D eigenvalue weighted by Gasteiger charge is -2.20. The Bertz CT molecular complexity index is 1290. The van der Waals surface area contributed by atoms with E-state index in [1.54, 1.807) is 7.11 Å². The molecule has 5 aromatic rings. The van der Waals surface area contributed by atoms with E-state index in [4.69, 9.17) is 4.74 Å². The van der Waals surface area contributed by atoms with Gasteiger partial charge in [0, 0.05) is 0 Å². The molecule has 0 bridgehead atoms. The molecule has 0 spiro atoms. The van der Waals surface area contributed by atoms with Crippen LogP contribution in [0, 0.1) is 0 Å². The average Bonchev–Trinajstić information content (AvgIpc) is 2.84. The molecule has 0 aliphatic carbocycles. The third kappa shape index (κ3) is 3.25. The first-order chi connectivity index (χ1) is 14.8. The van der Waals surface area contributed by atoms with E-state index in [0.29, 0.717) is 0 Å². The number of rotatable bonds is 4. The van der Waals surface area contributed by atoms with Gasteiger partial charge in [-0.15, -0.1) is 0 Å². The molecule has 0 radical (unpaired) electrons. The molecule has 0 saturated heterocycles. The summed E-state index contributed by atoms with van der Waals surface area (Å²) in [6.07, 6.45) is 0. The summed E-state index contributed by atoms with van der Waals surface area (Å²) in [5, 5.41) is 2.40. The van der Waals surface area contributed by atoms with Crippen LogP contribution in [0.4, 0.5) is 0 Å². The van der Waals surface area contributed by atoms with Crippen molar-refractivity contribution in [1.82, 2.24) is 0 Å². The van der Waals surface area contributed by atoms with Gasteiger partial charge in [-0.05, 0) is 62.4 Å². The predicted octanol–water partition coefficient (Wildman–Crippen LogP) is 7.85. The van der Waals surface area contributed by atoms with Crippen LogP contribution in [-0.2, 0) is 0 Å². The van der Waals surface area contributed by atoms with Gasteiger partial charge in [0.25, 0.3) is 0 Å². The van der Waals surface area contributed by atoms with E-state index in [2.05, 4.69) is 109 Å². The Balaban J connectivity index is 1.97. The molecule has 0 amide bonds. The number of hydrogen-bond acceptors (Lipinski definition) is 1. The molecule has 0 atom stereocenters. The minimum atomic E-state index is 0.867. The summed E-state index contributed by atoms with van der Waals surface area (Å²) < 4.78 is 5.57. The fraction of sp³-hybridized carbons (Fsp3) is 0.0345. The van der Waals surface area contributed by atoms with Gasteiger partial charge in [0.1, 0.15) is 5.75 Å². The fourth-order valence-electron chi connectivity index (χ4n) is 4.16. The summed E-state index contributed by atoms with van der Waals surface area (Å²) >= 11 is 0. The van der Waals surface area contributed by atoms with Crippen LogP contribution in [0.25, 0.3) is 44.2 Å². The fourth-order valence-corrected chi connectivity index (χ4v) is 4.16. The van der Waals surface area contributed by atoms with Crippen molar-refractivity contribution in [2.75, 3.05) is 7.11 Å². The Morgan fingerprint density at radius 3 is 1.60 bits per heavy atom. The van der Waals surface area contributed by atoms with E-state index in [0.717, 1.165) is 5.75 Å². The largest absolute Gasteiger partial charge is 0.497 e. The van der Waals surface area contributed by atoms with Crippen molar-refractivity contribution in [3.63, 3.8) is 0 Å². The number of fused-ring (bicyclic) bond motifs is 1. The molecule has 0 unspecified atom stereocenters. The Kier molecular flexibility index (Phi) is 4.78. The van der Waals surface area contributed by atoms with Gasteiger partial charge in [0.15, 0.2) is 0 Å². The molecule has 1 heteroatoms. The van der Waals surface area contributed by atoms with Crippen molar-refractivity contribution in [3.8, 4) is 39.1 Å². The molecule has 1 nitrogen and oxygen atoms in total.